The lowest BCUT2D eigenvalue weighted by molar-refractivity contribution is 0.339. The summed E-state index contributed by atoms with van der Waals surface area (Å²) >= 11 is 0. The molecule has 22 heavy (non-hydrogen) atoms. The molecule has 0 spiro atoms. The highest BCUT2D eigenvalue weighted by Crippen LogP contribution is 2.40. The predicted octanol–water partition coefficient (Wildman–Crippen LogP) is 4.19. The van der Waals surface area contributed by atoms with Gasteiger partial charge in [0.15, 0.2) is 0 Å². The number of anilines is 1. The zero-order valence-electron chi connectivity index (χ0n) is 13.0. The van der Waals surface area contributed by atoms with Crippen molar-refractivity contribution in [2.75, 3.05) is 11.9 Å². The van der Waals surface area contributed by atoms with Crippen molar-refractivity contribution in [1.29, 1.82) is 0 Å². The lowest BCUT2D eigenvalue weighted by atomic mass is 9.86. The van der Waals surface area contributed by atoms with E-state index in [4.69, 9.17) is 5.73 Å². The van der Waals surface area contributed by atoms with E-state index < -0.39 is 0 Å². The van der Waals surface area contributed by atoms with Crippen LogP contribution in [0.25, 0.3) is 11.1 Å². The minimum atomic E-state index is 0.437. The second-order valence-corrected chi connectivity index (χ2v) is 6.83. The second-order valence-electron chi connectivity index (χ2n) is 6.83. The molecule has 0 heterocycles. The molecular weight excluding hydrogens is 268 g/mol. The summed E-state index contributed by atoms with van der Waals surface area (Å²) in [6, 6.07) is 15.9. The Hall–Kier alpha value is -1.80. The van der Waals surface area contributed by atoms with E-state index in [2.05, 4.69) is 47.8 Å². The molecule has 114 valence electrons. The highest BCUT2D eigenvalue weighted by molar-refractivity contribution is 5.81. The van der Waals surface area contributed by atoms with Crippen molar-refractivity contribution < 1.29 is 0 Å². The van der Waals surface area contributed by atoms with Crippen molar-refractivity contribution in [2.45, 2.75) is 38.1 Å². The van der Waals surface area contributed by atoms with Crippen molar-refractivity contribution in [1.82, 2.24) is 0 Å². The van der Waals surface area contributed by atoms with E-state index >= 15 is 0 Å². The van der Waals surface area contributed by atoms with E-state index in [9.17, 15) is 0 Å². The first-order valence-electron chi connectivity index (χ1n) is 8.51. The highest BCUT2D eigenvalue weighted by atomic mass is 14.9. The summed E-state index contributed by atoms with van der Waals surface area (Å²) in [7, 11) is 0. The summed E-state index contributed by atoms with van der Waals surface area (Å²) in [5.74, 6) is 0.777. The van der Waals surface area contributed by atoms with Gasteiger partial charge >= 0.3 is 0 Å². The molecule has 0 aromatic heterocycles. The van der Waals surface area contributed by atoms with Crippen LogP contribution in [0.1, 0.15) is 36.8 Å². The Morgan fingerprint density at radius 1 is 0.909 bits per heavy atom. The van der Waals surface area contributed by atoms with Gasteiger partial charge in [0.25, 0.3) is 0 Å². The number of fused-ring (bicyclic) bond motifs is 3. The maximum absolute atomic E-state index is 6.01. The molecule has 3 N–H and O–H groups in total. The SMILES string of the molecule is NC1CCC(CNc2cccc3c2Cc2ccccc2-3)CC1. The Kier molecular flexibility index (Phi) is 3.63. The van der Waals surface area contributed by atoms with Gasteiger partial charge in [0.1, 0.15) is 0 Å². The summed E-state index contributed by atoms with van der Waals surface area (Å²) in [6.45, 7) is 1.08. The average Bonchev–Trinajstić information content (AvgIpc) is 2.94. The number of hydrogen-bond donors (Lipinski definition) is 2. The summed E-state index contributed by atoms with van der Waals surface area (Å²) in [6.07, 6.45) is 5.96. The summed E-state index contributed by atoms with van der Waals surface area (Å²) in [5.41, 5.74) is 13.1. The third-order valence-electron chi connectivity index (χ3n) is 5.32. The fraction of sp³-hybridized carbons (Fsp3) is 0.400. The number of nitrogens with one attached hydrogen (secondary N) is 1. The first-order chi connectivity index (χ1) is 10.8. The van der Waals surface area contributed by atoms with Gasteiger partial charge in [-0.25, -0.2) is 0 Å². The van der Waals surface area contributed by atoms with Crippen molar-refractivity contribution in [2.24, 2.45) is 11.7 Å². The molecular formula is C20H24N2. The zero-order chi connectivity index (χ0) is 14.9. The number of nitrogens with two attached hydrogens (primary N) is 1. The van der Waals surface area contributed by atoms with Crippen LogP contribution in [0.5, 0.6) is 0 Å². The third kappa shape index (κ3) is 2.52. The number of hydrogen-bond acceptors (Lipinski definition) is 2. The van der Waals surface area contributed by atoms with Gasteiger partial charge in [-0.05, 0) is 59.9 Å². The van der Waals surface area contributed by atoms with Gasteiger partial charge in [-0.1, -0.05) is 36.4 Å². The number of rotatable bonds is 3. The van der Waals surface area contributed by atoms with E-state index in [1.54, 1.807) is 0 Å². The van der Waals surface area contributed by atoms with E-state index in [1.807, 2.05) is 0 Å². The highest BCUT2D eigenvalue weighted by Gasteiger charge is 2.22. The fourth-order valence-electron chi connectivity index (χ4n) is 3.97. The molecule has 0 atom stereocenters. The Balaban J connectivity index is 1.50. The van der Waals surface area contributed by atoms with Gasteiger partial charge in [-0.2, -0.15) is 0 Å². The van der Waals surface area contributed by atoms with Crippen LogP contribution in [-0.2, 0) is 6.42 Å². The van der Waals surface area contributed by atoms with E-state index in [0.29, 0.717) is 6.04 Å². The van der Waals surface area contributed by atoms with Gasteiger partial charge in [0, 0.05) is 24.7 Å². The number of benzene rings is 2. The first-order valence-corrected chi connectivity index (χ1v) is 8.51. The fourth-order valence-corrected chi connectivity index (χ4v) is 3.97. The van der Waals surface area contributed by atoms with Crippen LogP contribution in [0, 0.1) is 5.92 Å². The molecule has 0 amide bonds. The van der Waals surface area contributed by atoms with E-state index in [1.165, 1.54) is 53.6 Å². The topological polar surface area (TPSA) is 38.0 Å². The van der Waals surface area contributed by atoms with Crippen LogP contribution >= 0.6 is 0 Å². The molecule has 0 saturated heterocycles. The summed E-state index contributed by atoms with van der Waals surface area (Å²) < 4.78 is 0. The molecule has 0 bridgehead atoms. The van der Waals surface area contributed by atoms with Crippen LogP contribution in [0.3, 0.4) is 0 Å². The van der Waals surface area contributed by atoms with Gasteiger partial charge in [-0.15, -0.1) is 0 Å². The predicted molar refractivity (Wildman–Crippen MR) is 93.1 cm³/mol. The molecule has 2 aliphatic carbocycles. The maximum atomic E-state index is 6.01. The molecule has 2 nitrogen and oxygen atoms in total. The van der Waals surface area contributed by atoms with Crippen molar-refractivity contribution >= 4 is 5.69 Å². The summed E-state index contributed by atoms with van der Waals surface area (Å²) in [5, 5.41) is 3.72. The van der Waals surface area contributed by atoms with Crippen molar-refractivity contribution in [3.05, 3.63) is 53.6 Å². The Morgan fingerprint density at radius 2 is 1.68 bits per heavy atom. The normalized spacial score (nSPS) is 23.0. The molecule has 2 aromatic carbocycles. The molecule has 1 saturated carbocycles. The van der Waals surface area contributed by atoms with Crippen LogP contribution in [0.4, 0.5) is 5.69 Å². The standard InChI is InChI=1S/C20H24N2/c21-16-10-8-14(9-11-16)13-22-20-7-3-6-18-17-5-2-1-4-15(17)12-19(18)20/h1-7,14,16,22H,8-13,21H2. The Morgan fingerprint density at radius 3 is 2.55 bits per heavy atom. The molecule has 2 heteroatoms. The minimum absolute atomic E-state index is 0.437. The van der Waals surface area contributed by atoms with Crippen LogP contribution in [0.2, 0.25) is 0 Å². The molecule has 4 rings (SSSR count). The van der Waals surface area contributed by atoms with Gasteiger partial charge in [-0.3, -0.25) is 0 Å². The lowest BCUT2D eigenvalue weighted by Crippen LogP contribution is -2.29. The van der Waals surface area contributed by atoms with Crippen molar-refractivity contribution in [3.8, 4) is 11.1 Å². The molecule has 0 radical (unpaired) electrons. The van der Waals surface area contributed by atoms with Gasteiger partial charge in [0.2, 0.25) is 0 Å². The largest absolute Gasteiger partial charge is 0.385 e. The average molecular weight is 292 g/mol. The Bertz CT molecular complexity index is 669. The molecule has 2 aliphatic rings. The van der Waals surface area contributed by atoms with E-state index in [-0.39, 0.29) is 0 Å². The molecule has 0 unspecified atom stereocenters. The van der Waals surface area contributed by atoms with Crippen LogP contribution in [-0.4, -0.2) is 12.6 Å². The monoisotopic (exact) mass is 292 g/mol. The van der Waals surface area contributed by atoms with Gasteiger partial charge < -0.3 is 11.1 Å². The summed E-state index contributed by atoms with van der Waals surface area (Å²) in [4.78, 5) is 0. The van der Waals surface area contributed by atoms with Crippen molar-refractivity contribution in [3.63, 3.8) is 0 Å². The molecule has 2 aromatic rings. The zero-order valence-corrected chi connectivity index (χ0v) is 13.0. The first kappa shape index (κ1) is 13.8. The van der Waals surface area contributed by atoms with E-state index in [0.717, 1.165) is 18.9 Å². The molecule has 1 fully saturated rings. The van der Waals surface area contributed by atoms with Gasteiger partial charge in [0.05, 0.1) is 0 Å². The quantitative estimate of drug-likeness (QED) is 0.759. The smallest absolute Gasteiger partial charge is 0.0382 e. The second kappa shape index (κ2) is 5.77. The van der Waals surface area contributed by atoms with Crippen LogP contribution in [0.15, 0.2) is 42.5 Å². The minimum Gasteiger partial charge on any atom is -0.385 e. The molecule has 0 aliphatic heterocycles. The third-order valence-corrected chi connectivity index (χ3v) is 5.32. The maximum Gasteiger partial charge on any atom is 0.0382 e. The Labute approximate surface area is 132 Å². The lowest BCUT2D eigenvalue weighted by Gasteiger charge is -2.26. The van der Waals surface area contributed by atoms with Crippen LogP contribution < -0.4 is 11.1 Å².